The van der Waals surface area contributed by atoms with Gasteiger partial charge < -0.3 is 38.3 Å². The SMILES string of the molecule is CCC(=O)C(CCCCN=C(N)N)CC(=O)NC(O)C(=O)NCCCCNCCCN. The molecular formula is C20H41N7O4. The van der Waals surface area contributed by atoms with E-state index in [0.29, 0.717) is 45.3 Å². The zero-order valence-corrected chi connectivity index (χ0v) is 18.7. The van der Waals surface area contributed by atoms with Gasteiger partial charge >= 0.3 is 0 Å². The molecule has 10 N–H and O–H groups in total. The summed E-state index contributed by atoms with van der Waals surface area (Å²) in [5.41, 5.74) is 15.9. The number of nitrogens with two attached hydrogens (primary N) is 3. The van der Waals surface area contributed by atoms with Gasteiger partial charge in [0.15, 0.2) is 5.96 Å². The number of unbranched alkanes of at least 4 members (excludes halogenated alkanes) is 2. The van der Waals surface area contributed by atoms with Crippen LogP contribution in [0.1, 0.15) is 58.3 Å². The van der Waals surface area contributed by atoms with Crippen molar-refractivity contribution in [1.29, 1.82) is 0 Å². The molecule has 0 heterocycles. The second-order valence-electron chi connectivity index (χ2n) is 7.38. The highest BCUT2D eigenvalue weighted by molar-refractivity contribution is 5.89. The van der Waals surface area contributed by atoms with Gasteiger partial charge in [-0.15, -0.1) is 0 Å². The molecule has 0 aliphatic heterocycles. The maximum atomic E-state index is 12.2. The molecule has 0 fully saturated rings. The van der Waals surface area contributed by atoms with Gasteiger partial charge in [-0.1, -0.05) is 13.3 Å². The average molecular weight is 444 g/mol. The Morgan fingerprint density at radius 1 is 1.00 bits per heavy atom. The molecule has 11 nitrogen and oxygen atoms in total. The van der Waals surface area contributed by atoms with Crippen LogP contribution in [0.5, 0.6) is 0 Å². The van der Waals surface area contributed by atoms with Gasteiger partial charge in [-0.25, -0.2) is 0 Å². The molecule has 0 bridgehead atoms. The summed E-state index contributed by atoms with van der Waals surface area (Å²) in [6.45, 7) is 4.95. The lowest BCUT2D eigenvalue weighted by molar-refractivity contribution is -0.138. The molecule has 2 atom stereocenters. The van der Waals surface area contributed by atoms with E-state index >= 15 is 0 Å². The third-order valence-electron chi connectivity index (χ3n) is 4.67. The van der Waals surface area contributed by atoms with Crippen LogP contribution in [0, 0.1) is 5.92 Å². The first-order chi connectivity index (χ1) is 14.8. The summed E-state index contributed by atoms with van der Waals surface area (Å²) >= 11 is 0. The predicted octanol–water partition coefficient (Wildman–Crippen LogP) is -1.32. The van der Waals surface area contributed by atoms with Crippen molar-refractivity contribution in [3.8, 4) is 0 Å². The fourth-order valence-corrected chi connectivity index (χ4v) is 2.91. The average Bonchev–Trinajstić information content (AvgIpc) is 2.73. The van der Waals surface area contributed by atoms with Crippen LogP contribution >= 0.6 is 0 Å². The lowest BCUT2D eigenvalue weighted by Crippen LogP contribution is -2.47. The Balaban J connectivity index is 4.19. The van der Waals surface area contributed by atoms with E-state index in [4.69, 9.17) is 17.2 Å². The zero-order valence-electron chi connectivity index (χ0n) is 18.7. The molecule has 0 aliphatic rings. The minimum atomic E-state index is -1.64. The van der Waals surface area contributed by atoms with Gasteiger partial charge in [0.1, 0.15) is 5.78 Å². The van der Waals surface area contributed by atoms with Crippen LogP contribution in [0.15, 0.2) is 4.99 Å². The highest BCUT2D eigenvalue weighted by Gasteiger charge is 2.23. The number of hydrogen-bond donors (Lipinski definition) is 7. The van der Waals surface area contributed by atoms with E-state index in [9.17, 15) is 19.5 Å². The molecule has 31 heavy (non-hydrogen) atoms. The molecular weight excluding hydrogens is 402 g/mol. The number of aliphatic imine (C=N–C) groups is 1. The summed E-state index contributed by atoms with van der Waals surface area (Å²) in [5, 5.41) is 18.0. The van der Waals surface area contributed by atoms with Crippen molar-refractivity contribution in [2.75, 3.05) is 32.7 Å². The molecule has 0 aromatic rings. The third-order valence-corrected chi connectivity index (χ3v) is 4.67. The van der Waals surface area contributed by atoms with Gasteiger partial charge in [-0.05, 0) is 51.7 Å². The smallest absolute Gasteiger partial charge is 0.269 e. The molecule has 0 saturated carbocycles. The van der Waals surface area contributed by atoms with Gasteiger partial charge in [-0.3, -0.25) is 19.4 Å². The number of carbonyl (C=O) groups is 3. The lowest BCUT2D eigenvalue weighted by atomic mass is 9.92. The molecule has 0 aliphatic carbocycles. The maximum absolute atomic E-state index is 12.2. The van der Waals surface area contributed by atoms with Crippen molar-refractivity contribution in [1.82, 2.24) is 16.0 Å². The van der Waals surface area contributed by atoms with Crippen LogP contribution in [0.4, 0.5) is 0 Å². The number of nitrogens with zero attached hydrogens (tertiary/aromatic N) is 1. The summed E-state index contributed by atoms with van der Waals surface area (Å²) in [4.78, 5) is 40.1. The minimum Gasteiger partial charge on any atom is -0.370 e. The Labute approximate surface area is 185 Å². The molecule has 0 radical (unpaired) electrons. The first kappa shape index (κ1) is 28.8. The van der Waals surface area contributed by atoms with Crippen LogP contribution < -0.4 is 33.2 Å². The highest BCUT2D eigenvalue weighted by atomic mass is 16.3. The Hall–Kier alpha value is -2.24. The summed E-state index contributed by atoms with van der Waals surface area (Å²) in [6.07, 6.45) is 3.03. The number of guanidine groups is 1. The van der Waals surface area contributed by atoms with E-state index in [1.54, 1.807) is 6.92 Å². The predicted molar refractivity (Wildman–Crippen MR) is 121 cm³/mol. The lowest BCUT2D eigenvalue weighted by Gasteiger charge is -2.17. The Morgan fingerprint density at radius 3 is 2.32 bits per heavy atom. The van der Waals surface area contributed by atoms with Gasteiger partial charge in [0.25, 0.3) is 5.91 Å². The molecule has 0 rings (SSSR count). The first-order valence-corrected chi connectivity index (χ1v) is 11.1. The van der Waals surface area contributed by atoms with Crippen molar-refractivity contribution >= 4 is 23.6 Å². The van der Waals surface area contributed by atoms with Crippen molar-refractivity contribution in [3.05, 3.63) is 0 Å². The summed E-state index contributed by atoms with van der Waals surface area (Å²) < 4.78 is 0. The van der Waals surface area contributed by atoms with Crippen molar-refractivity contribution in [2.24, 2.45) is 28.1 Å². The molecule has 0 aromatic carbocycles. The highest BCUT2D eigenvalue weighted by Crippen LogP contribution is 2.16. The monoisotopic (exact) mass is 443 g/mol. The van der Waals surface area contributed by atoms with Gasteiger partial charge in [0, 0.05) is 31.8 Å². The number of hydrogen-bond acceptors (Lipinski definition) is 7. The second-order valence-corrected chi connectivity index (χ2v) is 7.38. The maximum Gasteiger partial charge on any atom is 0.269 e. The van der Waals surface area contributed by atoms with Crippen LogP contribution in [-0.4, -0.2) is 67.6 Å². The first-order valence-electron chi connectivity index (χ1n) is 11.1. The molecule has 0 spiro atoms. The number of nitrogens with one attached hydrogen (secondary N) is 3. The fraction of sp³-hybridized carbons (Fsp3) is 0.800. The van der Waals surface area contributed by atoms with Crippen LogP contribution in [0.2, 0.25) is 0 Å². The quantitative estimate of drug-likeness (QED) is 0.0552. The number of carbonyl (C=O) groups excluding carboxylic acids is 3. The van der Waals surface area contributed by atoms with E-state index < -0.39 is 24.0 Å². The second kappa shape index (κ2) is 18.5. The molecule has 180 valence electrons. The molecule has 0 aromatic heterocycles. The van der Waals surface area contributed by atoms with Crippen molar-refractivity contribution in [2.45, 2.75) is 64.5 Å². The Morgan fingerprint density at radius 2 is 1.68 bits per heavy atom. The van der Waals surface area contributed by atoms with E-state index in [0.717, 1.165) is 32.4 Å². The standard InChI is InChI=1S/C20H41N7O4/c1-2-16(28)15(8-3-4-13-26-20(22)23)14-17(29)27-19(31)18(30)25-12-6-5-10-24-11-7-9-21/h15,19,24,31H,2-14,21H2,1H3,(H,25,30)(H,27,29)(H4,22,23,26). The number of ketones is 1. The van der Waals surface area contributed by atoms with Gasteiger partial charge in [0.05, 0.1) is 0 Å². The normalized spacial score (nSPS) is 12.6. The number of Topliss-reactive ketones (excluding diaryl/α,β-unsaturated/α-hetero) is 1. The minimum absolute atomic E-state index is 0.0204. The van der Waals surface area contributed by atoms with E-state index in [2.05, 4.69) is 20.9 Å². The Kier molecular flexibility index (Phi) is 17.2. The van der Waals surface area contributed by atoms with Crippen molar-refractivity contribution in [3.63, 3.8) is 0 Å². The van der Waals surface area contributed by atoms with Crippen LogP contribution in [0.3, 0.4) is 0 Å². The van der Waals surface area contributed by atoms with Crippen LogP contribution in [0.25, 0.3) is 0 Å². The molecule has 11 heteroatoms. The number of amides is 2. The van der Waals surface area contributed by atoms with E-state index in [-0.39, 0.29) is 18.2 Å². The topological polar surface area (TPSA) is 198 Å². The molecule has 2 unspecified atom stereocenters. The zero-order chi connectivity index (χ0) is 23.5. The third kappa shape index (κ3) is 16.2. The van der Waals surface area contributed by atoms with E-state index in [1.165, 1.54) is 0 Å². The fourth-order valence-electron chi connectivity index (χ4n) is 2.91. The van der Waals surface area contributed by atoms with E-state index in [1.807, 2.05) is 0 Å². The molecule has 2 amide bonds. The largest absolute Gasteiger partial charge is 0.370 e. The number of aliphatic hydroxyl groups excluding tert-OH is 1. The summed E-state index contributed by atoms with van der Waals surface area (Å²) in [7, 11) is 0. The molecule has 0 saturated heterocycles. The van der Waals surface area contributed by atoms with Crippen molar-refractivity contribution < 1.29 is 19.5 Å². The Bertz CT molecular complexity index is 554. The number of aliphatic hydroxyl groups is 1. The van der Waals surface area contributed by atoms with Gasteiger partial charge in [0.2, 0.25) is 12.1 Å². The van der Waals surface area contributed by atoms with Gasteiger partial charge in [-0.2, -0.15) is 0 Å². The number of rotatable bonds is 19. The van der Waals surface area contributed by atoms with Crippen LogP contribution in [-0.2, 0) is 14.4 Å². The summed E-state index contributed by atoms with van der Waals surface area (Å²) in [6, 6.07) is 0. The summed E-state index contributed by atoms with van der Waals surface area (Å²) in [5.74, 6) is -1.68.